The summed E-state index contributed by atoms with van der Waals surface area (Å²) in [6, 6.07) is 6.37. The first-order valence-corrected chi connectivity index (χ1v) is 5.55. The number of nitrogens with one attached hydrogen (secondary N) is 1. The molecule has 14 heavy (non-hydrogen) atoms. The molecular weight excluding hydrogens is 238 g/mol. The van der Waals surface area contributed by atoms with E-state index in [1.807, 2.05) is 0 Å². The summed E-state index contributed by atoms with van der Waals surface area (Å²) in [5.74, 6) is 0. The van der Waals surface area contributed by atoms with Crippen molar-refractivity contribution in [2.24, 2.45) is 0 Å². The molecule has 0 saturated heterocycles. The predicted octanol–water partition coefficient (Wildman–Crippen LogP) is 4.23. The second-order valence-corrected chi connectivity index (χ2v) is 5.56. The maximum absolute atomic E-state index is 3.47. The summed E-state index contributed by atoms with van der Waals surface area (Å²) >= 11 is 3.47. The zero-order valence-electron chi connectivity index (χ0n) is 8.69. The lowest BCUT2D eigenvalue weighted by Gasteiger charge is -2.17. The number of fused-ring (bicyclic) bond motifs is 1. The third kappa shape index (κ3) is 1.59. The van der Waals surface area contributed by atoms with Crippen molar-refractivity contribution < 1.29 is 0 Å². The number of H-pyrrole nitrogens is 1. The van der Waals surface area contributed by atoms with Gasteiger partial charge in [0.1, 0.15) is 0 Å². The van der Waals surface area contributed by atoms with Crippen molar-refractivity contribution in [2.45, 2.75) is 26.2 Å². The summed E-state index contributed by atoms with van der Waals surface area (Å²) in [4.78, 5) is 3.31. The van der Waals surface area contributed by atoms with Crippen LogP contribution >= 0.6 is 15.9 Å². The largest absolute Gasteiger partial charge is 0.361 e. The Morgan fingerprint density at radius 2 is 1.93 bits per heavy atom. The molecule has 2 aromatic rings. The van der Waals surface area contributed by atoms with Gasteiger partial charge in [0.25, 0.3) is 0 Å². The molecule has 1 N–H and O–H groups in total. The van der Waals surface area contributed by atoms with Gasteiger partial charge < -0.3 is 4.98 Å². The van der Waals surface area contributed by atoms with E-state index >= 15 is 0 Å². The number of hydrogen-bond acceptors (Lipinski definition) is 0. The predicted molar refractivity (Wildman–Crippen MR) is 64.7 cm³/mol. The Hall–Kier alpha value is -0.760. The van der Waals surface area contributed by atoms with E-state index in [1.54, 1.807) is 0 Å². The third-order valence-electron chi connectivity index (χ3n) is 2.45. The van der Waals surface area contributed by atoms with Gasteiger partial charge in [0.15, 0.2) is 0 Å². The SMILES string of the molecule is CC(C)(C)c1c[nH]c2cc(Br)ccc12. The highest BCUT2D eigenvalue weighted by Crippen LogP contribution is 2.30. The number of rotatable bonds is 0. The normalized spacial score (nSPS) is 12.3. The lowest BCUT2D eigenvalue weighted by molar-refractivity contribution is 0.596. The summed E-state index contributed by atoms with van der Waals surface area (Å²) in [7, 11) is 0. The van der Waals surface area contributed by atoms with Crippen molar-refractivity contribution >= 4 is 26.8 Å². The molecule has 0 spiro atoms. The third-order valence-corrected chi connectivity index (χ3v) is 2.95. The van der Waals surface area contributed by atoms with Crippen LogP contribution in [-0.2, 0) is 5.41 Å². The van der Waals surface area contributed by atoms with Crippen molar-refractivity contribution in [3.8, 4) is 0 Å². The lowest BCUT2D eigenvalue weighted by Crippen LogP contribution is -2.09. The molecule has 1 aromatic carbocycles. The van der Waals surface area contributed by atoms with Crippen LogP contribution in [0.1, 0.15) is 26.3 Å². The Morgan fingerprint density at radius 1 is 1.21 bits per heavy atom. The summed E-state index contributed by atoms with van der Waals surface area (Å²) in [6.45, 7) is 6.70. The molecule has 0 fully saturated rings. The van der Waals surface area contributed by atoms with E-state index in [-0.39, 0.29) is 5.41 Å². The van der Waals surface area contributed by atoms with E-state index < -0.39 is 0 Å². The van der Waals surface area contributed by atoms with Crippen LogP contribution in [0.3, 0.4) is 0 Å². The number of benzene rings is 1. The molecular formula is C12H14BrN. The molecule has 1 heterocycles. The first kappa shape index (κ1) is 9.78. The Kier molecular flexibility index (Phi) is 2.18. The van der Waals surface area contributed by atoms with Crippen LogP contribution in [0.4, 0.5) is 0 Å². The van der Waals surface area contributed by atoms with E-state index in [0.717, 1.165) is 4.47 Å². The minimum atomic E-state index is 0.200. The smallest absolute Gasteiger partial charge is 0.0468 e. The van der Waals surface area contributed by atoms with E-state index in [0.29, 0.717) is 0 Å². The second kappa shape index (κ2) is 3.13. The van der Waals surface area contributed by atoms with Crippen LogP contribution < -0.4 is 0 Å². The second-order valence-electron chi connectivity index (χ2n) is 4.64. The van der Waals surface area contributed by atoms with Gasteiger partial charge in [-0.15, -0.1) is 0 Å². The maximum Gasteiger partial charge on any atom is 0.0468 e. The summed E-state index contributed by atoms with van der Waals surface area (Å²) < 4.78 is 1.12. The van der Waals surface area contributed by atoms with Gasteiger partial charge in [-0.05, 0) is 23.1 Å². The van der Waals surface area contributed by atoms with Gasteiger partial charge in [-0.1, -0.05) is 42.8 Å². The highest BCUT2D eigenvalue weighted by atomic mass is 79.9. The Morgan fingerprint density at radius 3 is 2.57 bits per heavy atom. The number of halogens is 1. The van der Waals surface area contributed by atoms with Crippen LogP contribution in [0.15, 0.2) is 28.9 Å². The van der Waals surface area contributed by atoms with E-state index in [9.17, 15) is 0 Å². The molecule has 1 nitrogen and oxygen atoms in total. The van der Waals surface area contributed by atoms with Crippen molar-refractivity contribution in [2.75, 3.05) is 0 Å². The van der Waals surface area contributed by atoms with Crippen molar-refractivity contribution in [1.29, 1.82) is 0 Å². The highest BCUT2D eigenvalue weighted by Gasteiger charge is 2.17. The molecule has 0 aliphatic heterocycles. The summed E-state index contributed by atoms with van der Waals surface area (Å²) in [5, 5.41) is 1.32. The van der Waals surface area contributed by atoms with E-state index in [4.69, 9.17) is 0 Å². The Labute approximate surface area is 92.6 Å². The fourth-order valence-corrected chi connectivity index (χ4v) is 2.08. The molecule has 0 aliphatic rings. The fraction of sp³-hybridized carbons (Fsp3) is 0.333. The van der Waals surface area contributed by atoms with Crippen molar-refractivity contribution in [3.05, 3.63) is 34.4 Å². The standard InChI is InChI=1S/C12H14BrN/c1-12(2,3)10-7-14-11-6-8(13)4-5-9(10)11/h4-7,14H,1-3H3. The van der Waals surface area contributed by atoms with Crippen LogP contribution in [-0.4, -0.2) is 4.98 Å². The minimum absolute atomic E-state index is 0.200. The van der Waals surface area contributed by atoms with Gasteiger partial charge >= 0.3 is 0 Å². The minimum Gasteiger partial charge on any atom is -0.361 e. The highest BCUT2D eigenvalue weighted by molar-refractivity contribution is 9.10. The molecule has 0 bridgehead atoms. The zero-order chi connectivity index (χ0) is 10.3. The van der Waals surface area contributed by atoms with Crippen LogP contribution in [0.25, 0.3) is 10.9 Å². The number of aromatic amines is 1. The molecule has 0 atom stereocenters. The number of hydrogen-bond donors (Lipinski definition) is 1. The zero-order valence-corrected chi connectivity index (χ0v) is 10.3. The fourth-order valence-electron chi connectivity index (χ4n) is 1.72. The molecule has 1 aromatic heterocycles. The quantitative estimate of drug-likeness (QED) is 0.722. The van der Waals surface area contributed by atoms with Crippen LogP contribution in [0.5, 0.6) is 0 Å². The number of aromatic nitrogens is 1. The first-order chi connectivity index (χ1) is 6.48. The van der Waals surface area contributed by atoms with Crippen molar-refractivity contribution in [3.63, 3.8) is 0 Å². The average molecular weight is 252 g/mol. The lowest BCUT2D eigenvalue weighted by atomic mass is 9.87. The van der Waals surface area contributed by atoms with E-state index in [1.165, 1.54) is 16.5 Å². The molecule has 0 saturated carbocycles. The Bertz CT molecular complexity index is 463. The first-order valence-electron chi connectivity index (χ1n) is 4.75. The monoisotopic (exact) mass is 251 g/mol. The van der Waals surface area contributed by atoms with Gasteiger partial charge in [0.2, 0.25) is 0 Å². The topological polar surface area (TPSA) is 15.8 Å². The maximum atomic E-state index is 3.47. The van der Waals surface area contributed by atoms with Crippen molar-refractivity contribution in [1.82, 2.24) is 4.98 Å². The molecule has 0 radical (unpaired) electrons. The molecule has 2 rings (SSSR count). The molecule has 0 aliphatic carbocycles. The molecule has 74 valence electrons. The molecule has 2 heteroatoms. The average Bonchev–Trinajstić information content (AvgIpc) is 2.45. The van der Waals surface area contributed by atoms with Gasteiger partial charge in [0.05, 0.1) is 0 Å². The molecule has 0 unspecified atom stereocenters. The van der Waals surface area contributed by atoms with Gasteiger partial charge in [-0.25, -0.2) is 0 Å². The van der Waals surface area contributed by atoms with Gasteiger partial charge in [0, 0.05) is 21.6 Å². The van der Waals surface area contributed by atoms with Crippen LogP contribution in [0.2, 0.25) is 0 Å². The summed E-state index contributed by atoms with van der Waals surface area (Å²) in [6.07, 6.45) is 2.11. The van der Waals surface area contributed by atoms with Crippen LogP contribution in [0, 0.1) is 0 Å². The van der Waals surface area contributed by atoms with E-state index in [2.05, 4.69) is 66.1 Å². The van der Waals surface area contributed by atoms with Gasteiger partial charge in [-0.2, -0.15) is 0 Å². The summed E-state index contributed by atoms with van der Waals surface area (Å²) in [5.41, 5.74) is 2.77. The molecule has 0 amide bonds. The Balaban J connectivity index is 2.70. The van der Waals surface area contributed by atoms with Gasteiger partial charge in [-0.3, -0.25) is 0 Å².